The number of hydrogen-bond acceptors (Lipinski definition) is 2. The van der Waals surface area contributed by atoms with Crippen LogP contribution in [0.15, 0.2) is 24.8 Å². The zero-order chi connectivity index (χ0) is 9.78. The highest BCUT2D eigenvalue weighted by Gasteiger charge is 1.83. The average Bonchev–Trinajstić information content (AvgIpc) is 2.16. The van der Waals surface area contributed by atoms with Crippen molar-refractivity contribution in [3.05, 3.63) is 24.8 Å². The lowest BCUT2D eigenvalue weighted by molar-refractivity contribution is 0.0852. The van der Waals surface area contributed by atoms with Crippen LogP contribution in [0.5, 0.6) is 0 Å². The van der Waals surface area contributed by atoms with Crippen LogP contribution in [0.1, 0.15) is 19.3 Å². The van der Waals surface area contributed by atoms with Gasteiger partial charge in [-0.3, -0.25) is 0 Å². The largest absolute Gasteiger partial charge is 0.382 e. The van der Waals surface area contributed by atoms with Crippen LogP contribution < -0.4 is 0 Å². The maximum atomic E-state index is 5.25. The Morgan fingerprint density at radius 2 is 2.00 bits per heavy atom. The minimum Gasteiger partial charge on any atom is -0.382 e. The third-order valence-corrected chi connectivity index (χ3v) is 1.59. The fraction of sp³-hybridized carbons (Fsp3) is 0.636. The van der Waals surface area contributed by atoms with Gasteiger partial charge in [0, 0.05) is 7.11 Å². The normalized spacial score (nSPS) is 10.8. The summed E-state index contributed by atoms with van der Waals surface area (Å²) in [7, 11) is 1.68. The Labute approximate surface area is 81.2 Å². The zero-order valence-corrected chi connectivity index (χ0v) is 8.50. The fourth-order valence-corrected chi connectivity index (χ4v) is 0.860. The molecule has 13 heavy (non-hydrogen) atoms. The van der Waals surface area contributed by atoms with Crippen molar-refractivity contribution in [1.82, 2.24) is 0 Å². The van der Waals surface area contributed by atoms with Crippen LogP contribution in [0.3, 0.4) is 0 Å². The number of hydrogen-bond donors (Lipinski definition) is 0. The molecule has 0 radical (unpaired) electrons. The van der Waals surface area contributed by atoms with E-state index in [4.69, 9.17) is 9.47 Å². The van der Waals surface area contributed by atoms with E-state index >= 15 is 0 Å². The van der Waals surface area contributed by atoms with Crippen molar-refractivity contribution in [1.29, 1.82) is 0 Å². The minimum atomic E-state index is 0.671. The molecule has 0 saturated heterocycles. The van der Waals surface area contributed by atoms with E-state index in [2.05, 4.69) is 18.7 Å². The quantitative estimate of drug-likeness (QED) is 0.405. The van der Waals surface area contributed by atoms with Gasteiger partial charge in [0.25, 0.3) is 0 Å². The Kier molecular flexibility index (Phi) is 10.9. The first-order valence-corrected chi connectivity index (χ1v) is 4.74. The lowest BCUT2D eigenvalue weighted by Crippen LogP contribution is -2.01. The summed E-state index contributed by atoms with van der Waals surface area (Å²) >= 11 is 0. The van der Waals surface area contributed by atoms with Crippen LogP contribution in [0.2, 0.25) is 0 Å². The molecule has 0 fully saturated rings. The lowest BCUT2D eigenvalue weighted by atomic mass is 10.2. The molecular weight excluding hydrogens is 164 g/mol. The third-order valence-electron chi connectivity index (χ3n) is 1.59. The molecule has 0 aliphatic heterocycles. The summed E-state index contributed by atoms with van der Waals surface area (Å²) in [5, 5.41) is 0. The van der Waals surface area contributed by atoms with Crippen molar-refractivity contribution >= 4 is 0 Å². The summed E-state index contributed by atoms with van der Waals surface area (Å²) in [5.41, 5.74) is 0. The summed E-state index contributed by atoms with van der Waals surface area (Å²) in [5.74, 6) is 0. The van der Waals surface area contributed by atoms with Gasteiger partial charge in [-0.05, 0) is 19.3 Å². The number of methoxy groups -OCH3 is 1. The number of allylic oxidation sites excluding steroid dienone is 2. The molecule has 0 amide bonds. The van der Waals surface area contributed by atoms with E-state index in [-0.39, 0.29) is 0 Å². The first-order valence-electron chi connectivity index (χ1n) is 4.74. The molecule has 0 bridgehead atoms. The maximum Gasteiger partial charge on any atom is 0.0704 e. The molecule has 0 N–H and O–H groups in total. The Morgan fingerprint density at radius 1 is 1.15 bits per heavy atom. The van der Waals surface area contributed by atoms with Crippen LogP contribution in [0, 0.1) is 0 Å². The molecule has 2 heteroatoms. The summed E-state index contributed by atoms with van der Waals surface area (Å²) in [6.07, 6.45) is 9.53. The van der Waals surface area contributed by atoms with E-state index in [0.717, 1.165) is 12.8 Å². The second kappa shape index (κ2) is 11.4. The Hall–Kier alpha value is -0.600. The van der Waals surface area contributed by atoms with E-state index in [1.54, 1.807) is 7.11 Å². The van der Waals surface area contributed by atoms with Gasteiger partial charge in [0.05, 0.1) is 19.8 Å². The lowest BCUT2D eigenvalue weighted by Gasteiger charge is -1.98. The molecule has 2 nitrogen and oxygen atoms in total. The number of unbranched alkanes of at least 4 members (excludes halogenated alkanes) is 2. The molecule has 0 aromatic carbocycles. The Morgan fingerprint density at radius 3 is 2.69 bits per heavy atom. The van der Waals surface area contributed by atoms with Crippen LogP contribution in [-0.2, 0) is 9.47 Å². The van der Waals surface area contributed by atoms with Gasteiger partial charge in [0.15, 0.2) is 0 Å². The smallest absolute Gasteiger partial charge is 0.0704 e. The topological polar surface area (TPSA) is 18.5 Å². The fourth-order valence-electron chi connectivity index (χ4n) is 0.860. The molecule has 76 valence electrons. The van der Waals surface area contributed by atoms with Gasteiger partial charge in [-0.25, -0.2) is 0 Å². The summed E-state index contributed by atoms with van der Waals surface area (Å²) in [6.45, 7) is 5.70. The van der Waals surface area contributed by atoms with E-state index in [1.165, 1.54) is 6.42 Å². The molecule has 0 atom stereocenters. The average molecular weight is 184 g/mol. The second-order valence-electron chi connectivity index (χ2n) is 2.76. The molecule has 0 spiro atoms. The predicted octanol–water partition coefficient (Wildman–Crippen LogP) is 2.56. The maximum absolute atomic E-state index is 5.25. The SMILES string of the molecule is C=CCCCC=CCOCCOC. The van der Waals surface area contributed by atoms with Gasteiger partial charge in [-0.15, -0.1) is 6.58 Å². The zero-order valence-electron chi connectivity index (χ0n) is 8.50. The first-order chi connectivity index (χ1) is 6.41. The van der Waals surface area contributed by atoms with Crippen LogP contribution in [0.25, 0.3) is 0 Å². The van der Waals surface area contributed by atoms with Gasteiger partial charge in [0.1, 0.15) is 0 Å². The van der Waals surface area contributed by atoms with Crippen LogP contribution >= 0.6 is 0 Å². The van der Waals surface area contributed by atoms with E-state index in [1.807, 2.05) is 6.08 Å². The third kappa shape index (κ3) is 11.4. The highest BCUT2D eigenvalue weighted by molar-refractivity contribution is 4.82. The summed E-state index contributed by atoms with van der Waals surface area (Å²) in [4.78, 5) is 0. The van der Waals surface area contributed by atoms with Crippen molar-refractivity contribution in [2.24, 2.45) is 0 Å². The molecule has 0 unspecified atom stereocenters. The molecule has 0 aromatic rings. The second-order valence-corrected chi connectivity index (χ2v) is 2.76. The highest BCUT2D eigenvalue weighted by Crippen LogP contribution is 1.96. The number of ether oxygens (including phenoxy) is 2. The van der Waals surface area contributed by atoms with Crippen molar-refractivity contribution in [2.75, 3.05) is 26.9 Å². The molecule has 0 aliphatic carbocycles. The standard InChI is InChI=1S/C11H20O2/c1-3-4-5-6-7-8-9-13-11-10-12-2/h3,7-8H,1,4-6,9-11H2,2H3. The highest BCUT2D eigenvalue weighted by atomic mass is 16.5. The minimum absolute atomic E-state index is 0.671. The monoisotopic (exact) mass is 184 g/mol. The molecule has 0 saturated carbocycles. The Bertz CT molecular complexity index is 130. The van der Waals surface area contributed by atoms with E-state index < -0.39 is 0 Å². The first kappa shape index (κ1) is 12.4. The molecule has 0 aliphatic rings. The predicted molar refractivity (Wildman–Crippen MR) is 55.9 cm³/mol. The molecular formula is C11H20O2. The molecule has 0 aromatic heterocycles. The Balaban J connectivity index is 2.98. The van der Waals surface area contributed by atoms with Crippen molar-refractivity contribution in [3.8, 4) is 0 Å². The van der Waals surface area contributed by atoms with Gasteiger partial charge in [0.2, 0.25) is 0 Å². The summed E-state index contributed by atoms with van der Waals surface area (Å²) < 4.78 is 10.1. The molecule has 0 heterocycles. The number of rotatable bonds is 9. The van der Waals surface area contributed by atoms with Gasteiger partial charge in [-0.1, -0.05) is 18.2 Å². The van der Waals surface area contributed by atoms with Gasteiger partial charge < -0.3 is 9.47 Å². The van der Waals surface area contributed by atoms with Crippen molar-refractivity contribution in [3.63, 3.8) is 0 Å². The van der Waals surface area contributed by atoms with E-state index in [0.29, 0.717) is 19.8 Å². The van der Waals surface area contributed by atoms with Crippen molar-refractivity contribution in [2.45, 2.75) is 19.3 Å². The van der Waals surface area contributed by atoms with Gasteiger partial charge in [-0.2, -0.15) is 0 Å². The summed E-state index contributed by atoms with van der Waals surface area (Å²) in [6, 6.07) is 0. The van der Waals surface area contributed by atoms with Crippen molar-refractivity contribution < 1.29 is 9.47 Å². The van der Waals surface area contributed by atoms with Crippen LogP contribution in [-0.4, -0.2) is 26.9 Å². The van der Waals surface area contributed by atoms with E-state index in [9.17, 15) is 0 Å². The van der Waals surface area contributed by atoms with Crippen LogP contribution in [0.4, 0.5) is 0 Å². The van der Waals surface area contributed by atoms with Gasteiger partial charge >= 0.3 is 0 Å². The molecule has 0 rings (SSSR count).